The van der Waals surface area contributed by atoms with Gasteiger partial charge in [0.25, 0.3) is 11.8 Å². The van der Waals surface area contributed by atoms with E-state index in [0.717, 1.165) is 22.5 Å². The summed E-state index contributed by atoms with van der Waals surface area (Å²) in [5.74, 6) is 0.242. The summed E-state index contributed by atoms with van der Waals surface area (Å²) >= 11 is 0. The van der Waals surface area contributed by atoms with Gasteiger partial charge in [0.2, 0.25) is 0 Å². The van der Waals surface area contributed by atoms with Crippen LogP contribution in [0.2, 0.25) is 0 Å². The molecule has 0 bridgehead atoms. The molecule has 0 atom stereocenters. The second kappa shape index (κ2) is 9.06. The number of hydrogen-bond acceptors (Lipinski definition) is 3. The summed E-state index contributed by atoms with van der Waals surface area (Å²) in [6.07, 6.45) is 0. The maximum absolute atomic E-state index is 12.6. The van der Waals surface area contributed by atoms with Crippen LogP contribution >= 0.6 is 0 Å². The molecule has 0 fully saturated rings. The fourth-order valence-electron chi connectivity index (χ4n) is 2.84. The molecule has 1 N–H and O–H groups in total. The molecule has 0 aliphatic carbocycles. The Hall–Kier alpha value is -3.60. The second-order valence-electron chi connectivity index (χ2n) is 6.93. The summed E-state index contributed by atoms with van der Waals surface area (Å²) in [6.45, 7) is 3.86. The number of amides is 2. The van der Waals surface area contributed by atoms with E-state index in [1.54, 1.807) is 36.2 Å². The first-order chi connectivity index (χ1) is 13.9. The topological polar surface area (TPSA) is 58.6 Å². The third-order valence-electron chi connectivity index (χ3n) is 4.50. The van der Waals surface area contributed by atoms with Crippen molar-refractivity contribution in [2.45, 2.75) is 13.8 Å². The molecule has 0 aliphatic heterocycles. The van der Waals surface area contributed by atoms with Crippen LogP contribution in [-0.4, -0.2) is 25.5 Å². The molecule has 5 nitrogen and oxygen atoms in total. The van der Waals surface area contributed by atoms with Crippen molar-refractivity contribution in [1.29, 1.82) is 0 Å². The molecule has 0 saturated carbocycles. The lowest BCUT2D eigenvalue weighted by Crippen LogP contribution is -2.26. The van der Waals surface area contributed by atoms with Crippen LogP contribution < -0.4 is 15.0 Å². The minimum absolute atomic E-state index is 0.0869. The summed E-state index contributed by atoms with van der Waals surface area (Å²) in [5, 5.41) is 2.80. The quantitative estimate of drug-likeness (QED) is 0.671. The van der Waals surface area contributed by atoms with Gasteiger partial charge in [-0.15, -0.1) is 0 Å². The van der Waals surface area contributed by atoms with E-state index in [4.69, 9.17) is 4.74 Å². The third kappa shape index (κ3) is 5.45. The largest absolute Gasteiger partial charge is 0.484 e. The molecular formula is C24H24N2O3. The number of aryl methyl sites for hydroxylation is 2. The summed E-state index contributed by atoms with van der Waals surface area (Å²) in [4.78, 5) is 26.2. The lowest BCUT2D eigenvalue weighted by atomic mass is 10.1. The van der Waals surface area contributed by atoms with Crippen molar-refractivity contribution in [3.8, 4) is 5.75 Å². The highest BCUT2D eigenvalue weighted by Gasteiger charge is 2.13. The number of carbonyl (C=O) groups excluding carboxylic acids is 2. The molecule has 3 aromatic rings. The highest BCUT2D eigenvalue weighted by atomic mass is 16.5. The Kier molecular flexibility index (Phi) is 6.29. The average Bonchev–Trinajstić information content (AvgIpc) is 2.72. The van der Waals surface area contributed by atoms with E-state index < -0.39 is 0 Å². The first-order valence-electron chi connectivity index (χ1n) is 9.36. The van der Waals surface area contributed by atoms with Gasteiger partial charge < -0.3 is 15.0 Å². The van der Waals surface area contributed by atoms with Crippen LogP contribution in [-0.2, 0) is 4.79 Å². The van der Waals surface area contributed by atoms with Gasteiger partial charge >= 0.3 is 0 Å². The molecule has 2 amide bonds. The number of hydrogen-bond donors (Lipinski definition) is 1. The molecule has 3 rings (SSSR count). The van der Waals surface area contributed by atoms with Gasteiger partial charge in [0.1, 0.15) is 5.75 Å². The van der Waals surface area contributed by atoms with Crippen LogP contribution in [0, 0.1) is 13.8 Å². The van der Waals surface area contributed by atoms with Crippen molar-refractivity contribution in [3.05, 3.63) is 89.5 Å². The average molecular weight is 388 g/mol. The van der Waals surface area contributed by atoms with Gasteiger partial charge in [-0.1, -0.05) is 29.8 Å². The smallest absolute Gasteiger partial charge is 0.262 e. The van der Waals surface area contributed by atoms with Gasteiger partial charge in [-0.25, -0.2) is 0 Å². The minimum Gasteiger partial charge on any atom is -0.484 e. The lowest BCUT2D eigenvalue weighted by molar-refractivity contribution is -0.118. The molecule has 5 heteroatoms. The van der Waals surface area contributed by atoms with Crippen LogP contribution in [0.4, 0.5) is 11.4 Å². The highest BCUT2D eigenvalue weighted by Crippen LogP contribution is 2.20. The van der Waals surface area contributed by atoms with Crippen molar-refractivity contribution >= 4 is 23.2 Å². The molecule has 0 radical (unpaired) electrons. The molecule has 29 heavy (non-hydrogen) atoms. The molecule has 0 aromatic heterocycles. The maximum atomic E-state index is 12.6. The van der Waals surface area contributed by atoms with Gasteiger partial charge in [-0.05, 0) is 67.9 Å². The summed E-state index contributed by atoms with van der Waals surface area (Å²) in [5.41, 5.74) is 4.30. The Balaban J connectivity index is 1.56. The lowest BCUT2D eigenvalue weighted by Gasteiger charge is -2.18. The molecular weight excluding hydrogens is 364 g/mol. The zero-order chi connectivity index (χ0) is 20.8. The zero-order valence-corrected chi connectivity index (χ0v) is 16.8. The Bertz CT molecular complexity index is 995. The Morgan fingerprint density at radius 3 is 2.24 bits per heavy atom. The normalized spacial score (nSPS) is 10.3. The standard InChI is InChI=1S/C24H24N2O3/c1-17-7-9-19(10-8-17)24(28)26(3)21-11-13-22(14-12-21)29-16-23(27)25-20-6-4-5-18(2)15-20/h4-15H,16H2,1-3H3,(H,25,27). The minimum atomic E-state index is -0.230. The fraction of sp³-hybridized carbons (Fsp3) is 0.167. The van der Waals surface area contributed by atoms with Crippen LogP contribution in [0.1, 0.15) is 21.5 Å². The van der Waals surface area contributed by atoms with E-state index in [9.17, 15) is 9.59 Å². The predicted octanol–water partition coefficient (Wildman–Crippen LogP) is 4.60. The van der Waals surface area contributed by atoms with Crippen LogP contribution in [0.15, 0.2) is 72.8 Å². The molecule has 3 aromatic carbocycles. The van der Waals surface area contributed by atoms with Gasteiger partial charge in [0.15, 0.2) is 6.61 Å². The zero-order valence-electron chi connectivity index (χ0n) is 16.8. The number of rotatable bonds is 6. The van der Waals surface area contributed by atoms with Gasteiger partial charge in [0.05, 0.1) is 0 Å². The monoisotopic (exact) mass is 388 g/mol. The van der Waals surface area contributed by atoms with Crippen LogP contribution in [0.3, 0.4) is 0 Å². The van der Waals surface area contributed by atoms with E-state index in [-0.39, 0.29) is 18.4 Å². The van der Waals surface area contributed by atoms with Gasteiger partial charge in [-0.3, -0.25) is 9.59 Å². The second-order valence-corrected chi connectivity index (χ2v) is 6.93. The van der Waals surface area contributed by atoms with E-state index in [1.165, 1.54) is 0 Å². The Labute approximate surface area is 170 Å². The van der Waals surface area contributed by atoms with Gasteiger partial charge in [-0.2, -0.15) is 0 Å². The molecule has 0 aliphatic rings. The summed E-state index contributed by atoms with van der Waals surface area (Å²) in [7, 11) is 1.73. The van der Waals surface area contributed by atoms with Crippen LogP contribution in [0.5, 0.6) is 5.75 Å². The molecule has 0 spiro atoms. The van der Waals surface area contributed by atoms with Crippen molar-refractivity contribution in [3.63, 3.8) is 0 Å². The summed E-state index contributed by atoms with van der Waals surface area (Å²) in [6, 6.07) is 22.1. The molecule has 148 valence electrons. The number of nitrogens with one attached hydrogen (secondary N) is 1. The van der Waals surface area contributed by atoms with Crippen molar-refractivity contribution < 1.29 is 14.3 Å². The first kappa shape index (κ1) is 20.1. The van der Waals surface area contributed by atoms with Gasteiger partial charge in [0, 0.05) is 24.0 Å². The number of anilines is 2. The van der Waals surface area contributed by atoms with E-state index in [1.807, 2.05) is 62.4 Å². The van der Waals surface area contributed by atoms with E-state index in [0.29, 0.717) is 11.3 Å². The molecule has 0 unspecified atom stereocenters. The highest BCUT2D eigenvalue weighted by molar-refractivity contribution is 6.05. The number of benzene rings is 3. The molecule has 0 saturated heterocycles. The maximum Gasteiger partial charge on any atom is 0.262 e. The van der Waals surface area contributed by atoms with E-state index >= 15 is 0 Å². The van der Waals surface area contributed by atoms with Crippen molar-refractivity contribution in [2.24, 2.45) is 0 Å². The number of nitrogens with zero attached hydrogens (tertiary/aromatic N) is 1. The molecule has 0 heterocycles. The van der Waals surface area contributed by atoms with E-state index in [2.05, 4.69) is 5.32 Å². The SMILES string of the molecule is Cc1ccc(C(=O)N(C)c2ccc(OCC(=O)Nc3cccc(C)c3)cc2)cc1. The summed E-state index contributed by atoms with van der Waals surface area (Å²) < 4.78 is 5.55. The fourth-order valence-corrected chi connectivity index (χ4v) is 2.84. The Morgan fingerprint density at radius 2 is 1.59 bits per heavy atom. The first-order valence-corrected chi connectivity index (χ1v) is 9.36. The van der Waals surface area contributed by atoms with Crippen molar-refractivity contribution in [2.75, 3.05) is 23.9 Å². The number of carbonyl (C=O) groups is 2. The number of ether oxygens (including phenoxy) is 1. The Morgan fingerprint density at radius 1 is 0.897 bits per heavy atom. The van der Waals surface area contributed by atoms with Crippen LogP contribution in [0.25, 0.3) is 0 Å². The van der Waals surface area contributed by atoms with Crippen molar-refractivity contribution in [1.82, 2.24) is 0 Å². The third-order valence-corrected chi connectivity index (χ3v) is 4.50. The predicted molar refractivity (Wildman–Crippen MR) is 116 cm³/mol.